The van der Waals surface area contributed by atoms with E-state index in [1.807, 2.05) is 0 Å². The summed E-state index contributed by atoms with van der Waals surface area (Å²) in [5, 5.41) is 0. The quantitative estimate of drug-likeness (QED) is 0.747. The van der Waals surface area contributed by atoms with Gasteiger partial charge in [0.05, 0.1) is 16.4 Å². The second kappa shape index (κ2) is 6.97. The van der Waals surface area contributed by atoms with Crippen LogP contribution in [-0.4, -0.2) is 23.4 Å². The van der Waals surface area contributed by atoms with Crippen LogP contribution in [0.5, 0.6) is 0 Å². The minimum Gasteiger partial charge on any atom is -0.499 e. The SMILES string of the molecule is CCOC=C(S(=O)(=O)c1ccccc1)S(=O)(=O)c1ccccc1. The molecule has 2 aromatic carbocycles. The summed E-state index contributed by atoms with van der Waals surface area (Å²) in [5.74, 6) is 0. The third kappa shape index (κ3) is 3.62. The molecule has 0 N–H and O–H groups in total. The van der Waals surface area contributed by atoms with Gasteiger partial charge >= 0.3 is 0 Å². The molecule has 0 aromatic heterocycles. The Labute approximate surface area is 136 Å². The van der Waals surface area contributed by atoms with Crippen LogP contribution >= 0.6 is 0 Å². The third-order valence-corrected chi connectivity index (χ3v) is 7.34. The highest BCUT2D eigenvalue weighted by Crippen LogP contribution is 2.28. The molecule has 122 valence electrons. The summed E-state index contributed by atoms with van der Waals surface area (Å²) in [7, 11) is -8.46. The lowest BCUT2D eigenvalue weighted by molar-refractivity contribution is 0.269. The molecule has 2 rings (SSSR count). The van der Waals surface area contributed by atoms with E-state index in [9.17, 15) is 16.8 Å². The highest BCUT2D eigenvalue weighted by molar-refractivity contribution is 8.14. The Morgan fingerprint density at radius 1 is 0.826 bits per heavy atom. The summed E-state index contributed by atoms with van der Waals surface area (Å²) in [6.45, 7) is 1.79. The number of benzene rings is 2. The van der Waals surface area contributed by atoms with Crippen LogP contribution in [0.4, 0.5) is 0 Å². The molecule has 0 bridgehead atoms. The second-order valence-corrected chi connectivity index (χ2v) is 8.62. The van der Waals surface area contributed by atoms with Crippen molar-refractivity contribution >= 4 is 19.7 Å². The van der Waals surface area contributed by atoms with Gasteiger partial charge in [0.2, 0.25) is 23.9 Å². The van der Waals surface area contributed by atoms with Crippen LogP contribution in [0.2, 0.25) is 0 Å². The summed E-state index contributed by atoms with van der Waals surface area (Å²) in [4.78, 5) is -0.212. The molecule has 23 heavy (non-hydrogen) atoms. The Balaban J connectivity index is 2.64. The molecule has 0 aliphatic carbocycles. The molecule has 0 heterocycles. The lowest BCUT2D eigenvalue weighted by Crippen LogP contribution is -2.15. The van der Waals surface area contributed by atoms with E-state index in [2.05, 4.69) is 0 Å². The molecule has 0 fully saturated rings. The Bertz CT molecular complexity index is 813. The molecule has 0 atom stereocenters. The zero-order chi connectivity index (χ0) is 16.9. The van der Waals surface area contributed by atoms with E-state index < -0.39 is 23.9 Å². The number of hydrogen-bond donors (Lipinski definition) is 0. The van der Waals surface area contributed by atoms with E-state index in [-0.39, 0.29) is 16.4 Å². The van der Waals surface area contributed by atoms with Crippen LogP contribution in [-0.2, 0) is 24.4 Å². The van der Waals surface area contributed by atoms with E-state index in [4.69, 9.17) is 4.74 Å². The standard InChI is InChI=1S/C16H16O5S2/c1-2-21-13-16(22(17,18)14-9-5-3-6-10-14)23(19,20)15-11-7-4-8-12-15/h3-13H,2H2,1H3. The fourth-order valence-electron chi connectivity index (χ4n) is 1.85. The van der Waals surface area contributed by atoms with E-state index >= 15 is 0 Å². The van der Waals surface area contributed by atoms with Crippen molar-refractivity contribution < 1.29 is 21.6 Å². The Kier molecular flexibility index (Phi) is 5.23. The number of sulfone groups is 2. The molecule has 0 spiro atoms. The van der Waals surface area contributed by atoms with Crippen molar-refractivity contribution in [1.82, 2.24) is 0 Å². The summed E-state index contributed by atoms with van der Waals surface area (Å²) >= 11 is 0. The van der Waals surface area contributed by atoms with Crippen LogP contribution in [0.3, 0.4) is 0 Å². The van der Waals surface area contributed by atoms with Crippen LogP contribution in [0, 0.1) is 0 Å². The average Bonchev–Trinajstić information content (AvgIpc) is 2.56. The second-order valence-electron chi connectivity index (χ2n) is 4.53. The molecule has 7 heteroatoms. The molecule has 0 saturated heterocycles. The summed E-state index contributed by atoms with van der Waals surface area (Å²) < 4.78 is 55.1. The van der Waals surface area contributed by atoms with Crippen molar-refractivity contribution in [2.45, 2.75) is 16.7 Å². The van der Waals surface area contributed by atoms with Gasteiger partial charge < -0.3 is 4.74 Å². The van der Waals surface area contributed by atoms with Crippen molar-refractivity contribution in [3.8, 4) is 0 Å². The van der Waals surface area contributed by atoms with E-state index in [1.54, 1.807) is 19.1 Å². The largest absolute Gasteiger partial charge is 0.499 e. The fraction of sp³-hybridized carbons (Fsp3) is 0.125. The highest BCUT2D eigenvalue weighted by Gasteiger charge is 2.34. The lowest BCUT2D eigenvalue weighted by Gasteiger charge is -2.10. The number of hydrogen-bond acceptors (Lipinski definition) is 5. The van der Waals surface area contributed by atoms with Gasteiger partial charge in [-0.25, -0.2) is 16.8 Å². The maximum Gasteiger partial charge on any atom is 0.221 e. The number of ether oxygens (including phenoxy) is 1. The zero-order valence-corrected chi connectivity index (χ0v) is 14.0. The molecule has 0 aliphatic rings. The smallest absolute Gasteiger partial charge is 0.221 e. The molecular weight excluding hydrogens is 336 g/mol. The lowest BCUT2D eigenvalue weighted by atomic mass is 10.4. The van der Waals surface area contributed by atoms with Crippen molar-refractivity contribution in [2.24, 2.45) is 0 Å². The van der Waals surface area contributed by atoms with E-state index in [0.717, 1.165) is 6.26 Å². The zero-order valence-electron chi connectivity index (χ0n) is 12.4. The Hall–Kier alpha value is -2.12. The van der Waals surface area contributed by atoms with Gasteiger partial charge in [-0.15, -0.1) is 0 Å². The average molecular weight is 352 g/mol. The predicted molar refractivity (Wildman–Crippen MR) is 87.0 cm³/mol. The van der Waals surface area contributed by atoms with Crippen molar-refractivity contribution in [1.29, 1.82) is 0 Å². The van der Waals surface area contributed by atoms with Gasteiger partial charge in [0.15, 0.2) is 0 Å². The topological polar surface area (TPSA) is 77.5 Å². The van der Waals surface area contributed by atoms with Crippen LogP contribution in [0.1, 0.15) is 6.92 Å². The Morgan fingerprint density at radius 2 is 1.22 bits per heavy atom. The van der Waals surface area contributed by atoms with Gasteiger partial charge in [-0.05, 0) is 31.2 Å². The van der Waals surface area contributed by atoms with Gasteiger partial charge in [-0.1, -0.05) is 36.4 Å². The Morgan fingerprint density at radius 3 is 1.57 bits per heavy atom. The monoisotopic (exact) mass is 352 g/mol. The van der Waals surface area contributed by atoms with Crippen LogP contribution < -0.4 is 0 Å². The van der Waals surface area contributed by atoms with Gasteiger partial charge in [0.1, 0.15) is 6.26 Å². The summed E-state index contributed by atoms with van der Waals surface area (Å²) in [6.07, 6.45) is 0.796. The first-order valence-electron chi connectivity index (χ1n) is 6.82. The first kappa shape index (κ1) is 17.2. The van der Waals surface area contributed by atoms with Crippen molar-refractivity contribution in [3.63, 3.8) is 0 Å². The molecule has 0 amide bonds. The van der Waals surface area contributed by atoms with E-state index in [1.165, 1.54) is 48.5 Å². The maximum atomic E-state index is 12.7. The van der Waals surface area contributed by atoms with E-state index in [0.29, 0.717) is 0 Å². The van der Waals surface area contributed by atoms with Crippen LogP contribution in [0.25, 0.3) is 0 Å². The maximum absolute atomic E-state index is 12.7. The number of rotatable bonds is 6. The third-order valence-electron chi connectivity index (χ3n) is 2.98. The molecule has 0 unspecified atom stereocenters. The summed E-state index contributed by atoms with van der Waals surface area (Å²) in [5.41, 5.74) is 0. The molecule has 0 radical (unpaired) electrons. The molecular formula is C16H16O5S2. The molecule has 0 saturated carbocycles. The normalized spacial score (nSPS) is 11.7. The van der Waals surface area contributed by atoms with Gasteiger partial charge in [0.25, 0.3) is 0 Å². The first-order valence-corrected chi connectivity index (χ1v) is 9.79. The minimum absolute atomic E-state index is 0.106. The van der Waals surface area contributed by atoms with Gasteiger partial charge in [-0.2, -0.15) is 0 Å². The van der Waals surface area contributed by atoms with Gasteiger partial charge in [0, 0.05) is 0 Å². The predicted octanol–water partition coefficient (Wildman–Crippen LogP) is 2.77. The summed E-state index contributed by atoms with van der Waals surface area (Å²) in [6, 6.07) is 14.8. The first-order chi connectivity index (χ1) is 10.9. The fourth-order valence-corrected chi connectivity index (χ4v) is 5.47. The minimum atomic E-state index is -4.23. The molecule has 0 aliphatic heterocycles. The van der Waals surface area contributed by atoms with Crippen molar-refractivity contribution in [2.75, 3.05) is 6.61 Å². The molecule has 5 nitrogen and oxygen atoms in total. The van der Waals surface area contributed by atoms with Gasteiger partial charge in [-0.3, -0.25) is 0 Å². The highest BCUT2D eigenvalue weighted by atomic mass is 32.3. The van der Waals surface area contributed by atoms with Crippen molar-refractivity contribution in [3.05, 3.63) is 71.2 Å². The van der Waals surface area contributed by atoms with Crippen LogP contribution in [0.15, 0.2) is 81.0 Å². The molecule has 2 aromatic rings.